The van der Waals surface area contributed by atoms with Gasteiger partial charge in [0.15, 0.2) is 0 Å². The molecule has 0 spiro atoms. The fraction of sp³-hybridized carbons (Fsp3) is 0.500. The molecule has 8 heteroatoms. The van der Waals surface area contributed by atoms with Gasteiger partial charge in [0.25, 0.3) is 0 Å². The number of likely N-dealkylation sites (tertiary alicyclic amines) is 1. The van der Waals surface area contributed by atoms with E-state index in [1.807, 2.05) is 4.90 Å². The quantitative estimate of drug-likeness (QED) is 0.870. The highest BCUT2D eigenvalue weighted by Crippen LogP contribution is 2.24. The molecule has 1 aliphatic rings. The molecule has 1 unspecified atom stereocenters. The number of benzene rings is 1. The molecule has 1 atom stereocenters. The van der Waals surface area contributed by atoms with E-state index in [0.717, 1.165) is 25.1 Å². The summed E-state index contributed by atoms with van der Waals surface area (Å²) in [6.07, 6.45) is -3.88. The van der Waals surface area contributed by atoms with Crippen LogP contribution in [0, 0.1) is 5.92 Å². The van der Waals surface area contributed by atoms with Gasteiger partial charge in [-0.15, -0.1) is 13.2 Å². The van der Waals surface area contributed by atoms with Gasteiger partial charge in [-0.05, 0) is 43.1 Å². The fourth-order valence-corrected chi connectivity index (χ4v) is 2.35. The van der Waals surface area contributed by atoms with Crippen LogP contribution >= 0.6 is 0 Å². The van der Waals surface area contributed by atoms with Crippen LogP contribution in [0.2, 0.25) is 0 Å². The SMILES string of the molecule is O=C(CN1CCC(CO)C1)Nc1ccc(OC(F)(F)F)cc1. The third-order valence-electron chi connectivity index (χ3n) is 3.37. The zero-order chi connectivity index (χ0) is 16.2. The number of aliphatic hydroxyl groups is 1. The number of halogens is 3. The lowest BCUT2D eigenvalue weighted by atomic mass is 10.1. The fourth-order valence-electron chi connectivity index (χ4n) is 2.35. The van der Waals surface area contributed by atoms with Crippen molar-refractivity contribution in [3.8, 4) is 5.75 Å². The van der Waals surface area contributed by atoms with Crippen LogP contribution in [0.1, 0.15) is 6.42 Å². The van der Waals surface area contributed by atoms with Gasteiger partial charge in [0.2, 0.25) is 5.91 Å². The Hall–Kier alpha value is -1.80. The van der Waals surface area contributed by atoms with Crippen LogP contribution in [-0.4, -0.2) is 48.5 Å². The number of carbonyl (C=O) groups excluding carboxylic acids is 1. The Bertz CT molecular complexity index is 505. The average Bonchev–Trinajstić information content (AvgIpc) is 2.87. The first-order chi connectivity index (χ1) is 10.4. The second-order valence-electron chi connectivity index (χ2n) is 5.19. The Morgan fingerprint density at radius 2 is 2.05 bits per heavy atom. The number of aliphatic hydroxyl groups excluding tert-OH is 1. The van der Waals surface area contributed by atoms with Crippen molar-refractivity contribution in [3.05, 3.63) is 24.3 Å². The van der Waals surface area contributed by atoms with Crippen molar-refractivity contribution in [2.45, 2.75) is 12.8 Å². The third-order valence-corrected chi connectivity index (χ3v) is 3.37. The molecule has 2 rings (SSSR count). The lowest BCUT2D eigenvalue weighted by Gasteiger charge is -2.15. The van der Waals surface area contributed by atoms with Gasteiger partial charge >= 0.3 is 6.36 Å². The molecule has 1 fully saturated rings. The highest BCUT2D eigenvalue weighted by molar-refractivity contribution is 5.92. The Labute approximate surface area is 125 Å². The number of amides is 1. The van der Waals surface area contributed by atoms with Crippen molar-refractivity contribution in [3.63, 3.8) is 0 Å². The van der Waals surface area contributed by atoms with Crippen LogP contribution in [0.25, 0.3) is 0 Å². The van der Waals surface area contributed by atoms with Crippen molar-refractivity contribution >= 4 is 11.6 Å². The first-order valence-corrected chi connectivity index (χ1v) is 6.84. The zero-order valence-corrected chi connectivity index (χ0v) is 11.8. The molecule has 1 aromatic rings. The number of hydrogen-bond acceptors (Lipinski definition) is 4. The Morgan fingerprint density at radius 3 is 2.59 bits per heavy atom. The molecule has 5 nitrogen and oxygen atoms in total. The van der Waals surface area contributed by atoms with E-state index >= 15 is 0 Å². The molecular formula is C14H17F3N2O3. The molecule has 0 saturated carbocycles. The summed E-state index contributed by atoms with van der Waals surface area (Å²) in [6.45, 7) is 1.72. The van der Waals surface area contributed by atoms with Gasteiger partial charge in [-0.3, -0.25) is 9.69 Å². The molecule has 0 aliphatic carbocycles. The summed E-state index contributed by atoms with van der Waals surface area (Å²) < 4.78 is 39.8. The Morgan fingerprint density at radius 1 is 1.36 bits per heavy atom. The molecule has 22 heavy (non-hydrogen) atoms. The van der Waals surface area contributed by atoms with Crippen molar-refractivity contribution in [1.29, 1.82) is 0 Å². The van der Waals surface area contributed by atoms with E-state index in [1.54, 1.807) is 0 Å². The Balaban J connectivity index is 1.82. The predicted molar refractivity (Wildman–Crippen MR) is 73.4 cm³/mol. The topological polar surface area (TPSA) is 61.8 Å². The van der Waals surface area contributed by atoms with Crippen LogP contribution in [0.15, 0.2) is 24.3 Å². The average molecular weight is 318 g/mol. The maximum Gasteiger partial charge on any atom is 0.573 e. The number of anilines is 1. The van der Waals surface area contributed by atoms with Crippen LogP contribution in [0.4, 0.5) is 18.9 Å². The smallest absolute Gasteiger partial charge is 0.406 e. The standard InChI is InChI=1S/C14H17F3N2O3/c15-14(16,17)22-12-3-1-11(2-4-12)18-13(21)8-19-6-5-10(7-19)9-20/h1-4,10,20H,5-9H2,(H,18,21). The monoisotopic (exact) mass is 318 g/mol. The number of carbonyl (C=O) groups is 1. The van der Waals surface area contributed by atoms with E-state index in [-0.39, 0.29) is 30.7 Å². The number of nitrogens with zero attached hydrogens (tertiary/aromatic N) is 1. The summed E-state index contributed by atoms with van der Waals surface area (Å²) >= 11 is 0. The summed E-state index contributed by atoms with van der Waals surface area (Å²) in [6, 6.07) is 4.97. The molecule has 0 aromatic heterocycles. The Kier molecular flexibility index (Phi) is 5.25. The van der Waals surface area contributed by atoms with Gasteiger partial charge in [-0.1, -0.05) is 0 Å². The largest absolute Gasteiger partial charge is 0.573 e. The predicted octanol–water partition coefficient (Wildman–Crippen LogP) is 1.84. The molecule has 122 valence electrons. The molecule has 1 aliphatic heterocycles. The minimum absolute atomic E-state index is 0.110. The van der Waals surface area contributed by atoms with E-state index in [2.05, 4.69) is 10.1 Å². The maximum atomic E-state index is 12.0. The minimum atomic E-state index is -4.73. The van der Waals surface area contributed by atoms with Gasteiger partial charge in [0, 0.05) is 18.8 Å². The van der Waals surface area contributed by atoms with Crippen LogP contribution in [-0.2, 0) is 4.79 Å². The second kappa shape index (κ2) is 6.97. The van der Waals surface area contributed by atoms with Crippen molar-refractivity contribution in [2.24, 2.45) is 5.92 Å². The summed E-state index contributed by atoms with van der Waals surface area (Å²) in [5, 5.41) is 11.7. The summed E-state index contributed by atoms with van der Waals surface area (Å²) in [7, 11) is 0. The van der Waals surface area contributed by atoms with Crippen LogP contribution in [0.5, 0.6) is 5.75 Å². The summed E-state index contributed by atoms with van der Waals surface area (Å²) in [4.78, 5) is 13.8. The molecule has 1 saturated heterocycles. The van der Waals surface area contributed by atoms with Gasteiger partial charge < -0.3 is 15.2 Å². The van der Waals surface area contributed by atoms with Gasteiger partial charge in [-0.2, -0.15) is 0 Å². The summed E-state index contributed by atoms with van der Waals surface area (Å²) in [5.41, 5.74) is 0.400. The highest BCUT2D eigenvalue weighted by atomic mass is 19.4. The minimum Gasteiger partial charge on any atom is -0.406 e. The highest BCUT2D eigenvalue weighted by Gasteiger charge is 2.31. The normalized spacial score (nSPS) is 19.2. The van der Waals surface area contributed by atoms with E-state index in [0.29, 0.717) is 12.2 Å². The molecular weight excluding hydrogens is 301 g/mol. The number of rotatable bonds is 5. The van der Waals surface area contributed by atoms with Crippen LogP contribution < -0.4 is 10.1 Å². The molecule has 1 amide bonds. The zero-order valence-electron chi connectivity index (χ0n) is 11.8. The maximum absolute atomic E-state index is 12.0. The molecule has 2 N–H and O–H groups in total. The number of alkyl halides is 3. The van der Waals surface area contributed by atoms with E-state index in [4.69, 9.17) is 5.11 Å². The van der Waals surface area contributed by atoms with Gasteiger partial charge in [0.1, 0.15) is 5.75 Å². The van der Waals surface area contributed by atoms with E-state index in [1.165, 1.54) is 12.1 Å². The van der Waals surface area contributed by atoms with Crippen molar-refractivity contribution in [2.75, 3.05) is 31.6 Å². The van der Waals surface area contributed by atoms with Crippen molar-refractivity contribution < 1.29 is 27.8 Å². The lowest BCUT2D eigenvalue weighted by Crippen LogP contribution is -2.31. The van der Waals surface area contributed by atoms with Gasteiger partial charge in [0.05, 0.1) is 6.54 Å². The van der Waals surface area contributed by atoms with Crippen LogP contribution in [0.3, 0.4) is 0 Å². The first-order valence-electron chi connectivity index (χ1n) is 6.84. The van der Waals surface area contributed by atoms with E-state index in [9.17, 15) is 18.0 Å². The number of nitrogens with one attached hydrogen (secondary N) is 1. The molecule has 0 radical (unpaired) electrons. The van der Waals surface area contributed by atoms with E-state index < -0.39 is 6.36 Å². The molecule has 1 aromatic carbocycles. The summed E-state index contributed by atoms with van der Waals surface area (Å²) in [5.74, 6) is -0.384. The molecule has 1 heterocycles. The number of ether oxygens (including phenoxy) is 1. The number of hydrogen-bond donors (Lipinski definition) is 2. The molecule has 0 bridgehead atoms. The van der Waals surface area contributed by atoms with Crippen molar-refractivity contribution in [1.82, 2.24) is 4.90 Å². The van der Waals surface area contributed by atoms with Gasteiger partial charge in [-0.25, -0.2) is 0 Å². The lowest BCUT2D eigenvalue weighted by molar-refractivity contribution is -0.274. The third kappa shape index (κ3) is 5.19. The first kappa shape index (κ1) is 16.6. The second-order valence-corrected chi connectivity index (χ2v) is 5.19.